The molecule has 0 aliphatic carbocycles. The molecule has 0 saturated carbocycles. The van der Waals surface area contributed by atoms with Gasteiger partial charge in [-0.25, -0.2) is 4.39 Å². The van der Waals surface area contributed by atoms with E-state index in [0.29, 0.717) is 23.5 Å². The number of benzene rings is 2. The standard InChI is InChI=1S/C16H16FNO3/c1-20-15-4-2-9(6-13(15)19)16-8-12(18)11-7-10(17)3-5-14(11)21-16/h2-7,12,16,19H,8,18H2,1H3. The van der Waals surface area contributed by atoms with Gasteiger partial charge in [0.05, 0.1) is 7.11 Å². The largest absolute Gasteiger partial charge is 0.504 e. The Morgan fingerprint density at radius 2 is 2.10 bits per heavy atom. The van der Waals surface area contributed by atoms with Gasteiger partial charge in [0.1, 0.15) is 17.7 Å². The number of phenolic OH excluding ortho intramolecular Hbond substituents is 1. The number of fused-ring (bicyclic) bond motifs is 1. The molecule has 0 fully saturated rings. The molecule has 2 unspecified atom stereocenters. The molecule has 2 aromatic carbocycles. The van der Waals surface area contributed by atoms with E-state index in [1.165, 1.54) is 19.2 Å². The van der Waals surface area contributed by atoms with Crippen molar-refractivity contribution >= 4 is 0 Å². The highest BCUT2D eigenvalue weighted by molar-refractivity contribution is 5.44. The van der Waals surface area contributed by atoms with Crippen molar-refractivity contribution < 1.29 is 19.0 Å². The fraction of sp³-hybridized carbons (Fsp3) is 0.250. The van der Waals surface area contributed by atoms with Gasteiger partial charge in [-0.3, -0.25) is 0 Å². The lowest BCUT2D eigenvalue weighted by molar-refractivity contribution is 0.160. The van der Waals surface area contributed by atoms with Gasteiger partial charge in [-0.15, -0.1) is 0 Å². The van der Waals surface area contributed by atoms with E-state index in [0.717, 1.165) is 5.56 Å². The smallest absolute Gasteiger partial charge is 0.160 e. The molecule has 21 heavy (non-hydrogen) atoms. The predicted octanol–water partition coefficient (Wildman–Crippen LogP) is 3.06. The molecule has 5 heteroatoms. The highest BCUT2D eigenvalue weighted by atomic mass is 19.1. The third-order valence-corrected chi connectivity index (χ3v) is 3.68. The fourth-order valence-corrected chi connectivity index (χ4v) is 2.59. The average Bonchev–Trinajstić information content (AvgIpc) is 2.47. The summed E-state index contributed by atoms with van der Waals surface area (Å²) in [4.78, 5) is 0. The summed E-state index contributed by atoms with van der Waals surface area (Å²) in [6.45, 7) is 0. The highest BCUT2D eigenvalue weighted by Gasteiger charge is 2.28. The second-order valence-corrected chi connectivity index (χ2v) is 5.06. The molecule has 3 rings (SSSR count). The van der Waals surface area contributed by atoms with Crippen LogP contribution in [0.1, 0.15) is 29.7 Å². The maximum atomic E-state index is 13.3. The van der Waals surface area contributed by atoms with E-state index in [-0.39, 0.29) is 23.7 Å². The predicted molar refractivity (Wildman–Crippen MR) is 76.0 cm³/mol. The maximum absolute atomic E-state index is 13.3. The van der Waals surface area contributed by atoms with Crippen LogP contribution < -0.4 is 15.2 Å². The zero-order valence-corrected chi connectivity index (χ0v) is 11.5. The molecule has 2 aromatic rings. The first kappa shape index (κ1) is 13.7. The van der Waals surface area contributed by atoms with Crippen LogP contribution in [0.4, 0.5) is 4.39 Å². The van der Waals surface area contributed by atoms with Crippen LogP contribution in [0.2, 0.25) is 0 Å². The van der Waals surface area contributed by atoms with Gasteiger partial charge in [-0.05, 0) is 35.9 Å². The number of methoxy groups -OCH3 is 1. The Kier molecular flexibility index (Phi) is 3.43. The highest BCUT2D eigenvalue weighted by Crippen LogP contribution is 2.41. The third kappa shape index (κ3) is 2.52. The summed E-state index contributed by atoms with van der Waals surface area (Å²) in [6, 6.07) is 9.13. The third-order valence-electron chi connectivity index (χ3n) is 3.68. The van der Waals surface area contributed by atoms with Gasteiger partial charge in [-0.2, -0.15) is 0 Å². The number of halogens is 1. The van der Waals surface area contributed by atoms with E-state index >= 15 is 0 Å². The van der Waals surface area contributed by atoms with Crippen molar-refractivity contribution in [3.63, 3.8) is 0 Å². The zero-order chi connectivity index (χ0) is 15.0. The number of nitrogens with two attached hydrogens (primary N) is 1. The molecular formula is C16H16FNO3. The van der Waals surface area contributed by atoms with Crippen LogP contribution in [0, 0.1) is 5.82 Å². The van der Waals surface area contributed by atoms with Gasteiger partial charge < -0.3 is 20.3 Å². The lowest BCUT2D eigenvalue weighted by Gasteiger charge is -2.30. The topological polar surface area (TPSA) is 64.7 Å². The van der Waals surface area contributed by atoms with Gasteiger partial charge in [0.25, 0.3) is 0 Å². The number of phenols is 1. The van der Waals surface area contributed by atoms with Crippen LogP contribution >= 0.6 is 0 Å². The van der Waals surface area contributed by atoms with Crippen molar-refractivity contribution in [2.75, 3.05) is 7.11 Å². The van der Waals surface area contributed by atoms with Crippen LogP contribution in [0.3, 0.4) is 0 Å². The van der Waals surface area contributed by atoms with E-state index in [1.807, 2.05) is 6.07 Å². The average molecular weight is 289 g/mol. The molecule has 1 aliphatic rings. The Morgan fingerprint density at radius 3 is 2.81 bits per heavy atom. The fourth-order valence-electron chi connectivity index (χ4n) is 2.59. The molecule has 1 aliphatic heterocycles. The normalized spacial score (nSPS) is 20.5. The number of rotatable bonds is 2. The molecule has 0 aromatic heterocycles. The quantitative estimate of drug-likeness (QED) is 0.891. The van der Waals surface area contributed by atoms with Gasteiger partial charge in [0.15, 0.2) is 11.5 Å². The number of ether oxygens (including phenoxy) is 2. The Labute approximate surface area is 121 Å². The summed E-state index contributed by atoms with van der Waals surface area (Å²) in [7, 11) is 1.49. The zero-order valence-electron chi connectivity index (χ0n) is 11.5. The van der Waals surface area contributed by atoms with Crippen molar-refractivity contribution in [1.82, 2.24) is 0 Å². The minimum absolute atomic E-state index is 0.0528. The lowest BCUT2D eigenvalue weighted by Crippen LogP contribution is -2.24. The van der Waals surface area contributed by atoms with Crippen molar-refractivity contribution in [3.05, 3.63) is 53.3 Å². The number of hydrogen-bond acceptors (Lipinski definition) is 4. The van der Waals surface area contributed by atoms with E-state index in [9.17, 15) is 9.50 Å². The van der Waals surface area contributed by atoms with Crippen LogP contribution in [-0.2, 0) is 0 Å². The molecule has 0 saturated heterocycles. The van der Waals surface area contributed by atoms with Crippen molar-refractivity contribution in [1.29, 1.82) is 0 Å². The summed E-state index contributed by atoms with van der Waals surface area (Å²) < 4.78 is 24.2. The first-order chi connectivity index (χ1) is 10.1. The molecule has 0 spiro atoms. The monoisotopic (exact) mass is 289 g/mol. The Bertz CT molecular complexity index is 675. The molecule has 0 bridgehead atoms. The van der Waals surface area contributed by atoms with Crippen molar-refractivity contribution in [2.24, 2.45) is 5.73 Å². The molecule has 2 atom stereocenters. The maximum Gasteiger partial charge on any atom is 0.160 e. The molecule has 1 heterocycles. The van der Waals surface area contributed by atoms with E-state index in [1.54, 1.807) is 18.2 Å². The molecule has 3 N–H and O–H groups in total. The van der Waals surface area contributed by atoms with E-state index in [4.69, 9.17) is 15.2 Å². The second-order valence-electron chi connectivity index (χ2n) is 5.06. The molecule has 4 nitrogen and oxygen atoms in total. The van der Waals surface area contributed by atoms with E-state index in [2.05, 4.69) is 0 Å². The summed E-state index contributed by atoms with van der Waals surface area (Å²) in [5.41, 5.74) is 7.58. The molecular weight excluding hydrogens is 273 g/mol. The summed E-state index contributed by atoms with van der Waals surface area (Å²) in [5.74, 6) is 0.710. The van der Waals surface area contributed by atoms with Crippen LogP contribution in [0.25, 0.3) is 0 Å². The van der Waals surface area contributed by atoms with Gasteiger partial charge in [-0.1, -0.05) is 6.07 Å². The molecule has 0 amide bonds. The summed E-state index contributed by atoms with van der Waals surface area (Å²) in [6.07, 6.45) is 0.233. The Balaban J connectivity index is 1.92. The molecule has 0 radical (unpaired) electrons. The minimum Gasteiger partial charge on any atom is -0.504 e. The second kappa shape index (κ2) is 5.26. The summed E-state index contributed by atoms with van der Waals surface area (Å²) >= 11 is 0. The Hall–Kier alpha value is -2.27. The van der Waals surface area contributed by atoms with E-state index < -0.39 is 0 Å². The summed E-state index contributed by atoms with van der Waals surface area (Å²) in [5, 5.41) is 9.86. The van der Waals surface area contributed by atoms with Crippen molar-refractivity contribution in [2.45, 2.75) is 18.6 Å². The van der Waals surface area contributed by atoms with Gasteiger partial charge >= 0.3 is 0 Å². The Morgan fingerprint density at radius 1 is 1.29 bits per heavy atom. The SMILES string of the molecule is COc1ccc(C2CC(N)c3cc(F)ccc3O2)cc1O. The van der Waals surface area contributed by atoms with Crippen LogP contribution in [0.5, 0.6) is 17.2 Å². The number of hydrogen-bond donors (Lipinski definition) is 2. The van der Waals surface area contributed by atoms with Crippen LogP contribution in [-0.4, -0.2) is 12.2 Å². The van der Waals surface area contributed by atoms with Crippen LogP contribution in [0.15, 0.2) is 36.4 Å². The van der Waals surface area contributed by atoms with Crippen molar-refractivity contribution in [3.8, 4) is 17.2 Å². The molecule has 110 valence electrons. The minimum atomic E-state index is -0.326. The first-order valence-corrected chi connectivity index (χ1v) is 6.67. The lowest BCUT2D eigenvalue weighted by atomic mass is 9.93. The van der Waals surface area contributed by atoms with Gasteiger partial charge in [0, 0.05) is 18.0 Å². The van der Waals surface area contributed by atoms with Gasteiger partial charge in [0.2, 0.25) is 0 Å². The first-order valence-electron chi connectivity index (χ1n) is 6.67. The number of aromatic hydroxyl groups is 1.